The van der Waals surface area contributed by atoms with Crippen molar-refractivity contribution < 1.29 is 0 Å². The molecule has 1 aliphatic carbocycles. The van der Waals surface area contributed by atoms with E-state index in [0.29, 0.717) is 23.9 Å². The van der Waals surface area contributed by atoms with Crippen molar-refractivity contribution in [3.05, 3.63) is 35.4 Å². The van der Waals surface area contributed by atoms with E-state index in [1.165, 1.54) is 18.4 Å². The standard InChI is InChI=1S/C18H30N2/c1-13(2)17(19)11-12-20(4)18-10-9-14(3)15-7-5-6-8-16(15)18/h5-8,13-14,17-18H,9-12,19H2,1-4H3. The van der Waals surface area contributed by atoms with Crippen LogP contribution in [0.5, 0.6) is 0 Å². The van der Waals surface area contributed by atoms with E-state index in [4.69, 9.17) is 5.73 Å². The Labute approximate surface area is 124 Å². The summed E-state index contributed by atoms with van der Waals surface area (Å²) >= 11 is 0. The van der Waals surface area contributed by atoms with Crippen LogP contribution in [0.4, 0.5) is 0 Å². The average Bonchev–Trinajstić information content (AvgIpc) is 2.45. The number of nitrogens with two attached hydrogens (primary N) is 1. The van der Waals surface area contributed by atoms with E-state index in [9.17, 15) is 0 Å². The molecule has 0 aliphatic heterocycles. The van der Waals surface area contributed by atoms with Gasteiger partial charge in [-0.1, -0.05) is 45.0 Å². The number of nitrogens with zero attached hydrogens (tertiary/aromatic N) is 1. The molecule has 2 N–H and O–H groups in total. The molecule has 1 aromatic rings. The minimum Gasteiger partial charge on any atom is -0.327 e. The lowest BCUT2D eigenvalue weighted by atomic mass is 9.80. The summed E-state index contributed by atoms with van der Waals surface area (Å²) in [6, 6.07) is 9.86. The summed E-state index contributed by atoms with van der Waals surface area (Å²) in [4.78, 5) is 2.51. The molecule has 3 atom stereocenters. The first-order valence-electron chi connectivity index (χ1n) is 8.05. The molecule has 1 aromatic carbocycles. The first-order valence-corrected chi connectivity index (χ1v) is 8.05. The third-order valence-corrected chi connectivity index (χ3v) is 4.96. The van der Waals surface area contributed by atoms with Gasteiger partial charge in [-0.3, -0.25) is 4.90 Å². The van der Waals surface area contributed by atoms with Gasteiger partial charge >= 0.3 is 0 Å². The van der Waals surface area contributed by atoms with Crippen LogP contribution >= 0.6 is 0 Å². The molecular weight excluding hydrogens is 244 g/mol. The molecular formula is C18H30N2. The Balaban J connectivity index is 2.04. The zero-order valence-corrected chi connectivity index (χ0v) is 13.5. The molecule has 0 aromatic heterocycles. The summed E-state index contributed by atoms with van der Waals surface area (Å²) < 4.78 is 0. The van der Waals surface area contributed by atoms with Crippen molar-refractivity contribution in [3.63, 3.8) is 0 Å². The SMILES string of the molecule is CC1CCC(N(C)CCC(N)C(C)C)c2ccccc21. The molecule has 3 unspecified atom stereocenters. The summed E-state index contributed by atoms with van der Waals surface area (Å²) in [6.45, 7) is 7.86. The molecule has 0 spiro atoms. The topological polar surface area (TPSA) is 29.3 Å². The summed E-state index contributed by atoms with van der Waals surface area (Å²) in [6.07, 6.45) is 3.65. The molecule has 0 bridgehead atoms. The maximum absolute atomic E-state index is 6.18. The fraction of sp³-hybridized carbons (Fsp3) is 0.667. The molecule has 0 fully saturated rings. The predicted molar refractivity (Wildman–Crippen MR) is 86.9 cm³/mol. The number of hydrogen-bond donors (Lipinski definition) is 1. The highest BCUT2D eigenvalue weighted by Gasteiger charge is 2.27. The zero-order chi connectivity index (χ0) is 14.7. The minimum absolute atomic E-state index is 0.315. The van der Waals surface area contributed by atoms with Gasteiger partial charge in [0.15, 0.2) is 0 Å². The fourth-order valence-electron chi connectivity index (χ4n) is 3.28. The van der Waals surface area contributed by atoms with Crippen LogP contribution in [0, 0.1) is 5.92 Å². The van der Waals surface area contributed by atoms with E-state index in [-0.39, 0.29) is 0 Å². The van der Waals surface area contributed by atoms with Gasteiger partial charge in [0.2, 0.25) is 0 Å². The molecule has 20 heavy (non-hydrogen) atoms. The van der Waals surface area contributed by atoms with Crippen molar-refractivity contribution in [1.82, 2.24) is 4.90 Å². The number of benzene rings is 1. The van der Waals surface area contributed by atoms with E-state index >= 15 is 0 Å². The van der Waals surface area contributed by atoms with Gasteiger partial charge in [-0.2, -0.15) is 0 Å². The normalized spacial score (nSPS) is 23.9. The molecule has 2 nitrogen and oxygen atoms in total. The van der Waals surface area contributed by atoms with Crippen LogP contribution in [0.2, 0.25) is 0 Å². The first-order chi connectivity index (χ1) is 9.50. The Hall–Kier alpha value is -0.860. The van der Waals surface area contributed by atoms with E-state index in [2.05, 4.69) is 57.0 Å². The summed E-state index contributed by atoms with van der Waals surface area (Å²) in [5.74, 6) is 1.27. The highest BCUT2D eigenvalue weighted by molar-refractivity contribution is 5.34. The fourth-order valence-corrected chi connectivity index (χ4v) is 3.28. The van der Waals surface area contributed by atoms with Crippen LogP contribution in [0.3, 0.4) is 0 Å². The summed E-state index contributed by atoms with van der Waals surface area (Å²) in [7, 11) is 2.25. The average molecular weight is 274 g/mol. The Bertz CT molecular complexity index is 427. The van der Waals surface area contributed by atoms with Crippen molar-refractivity contribution in [2.24, 2.45) is 11.7 Å². The van der Waals surface area contributed by atoms with Crippen molar-refractivity contribution >= 4 is 0 Å². The van der Waals surface area contributed by atoms with Gasteiger partial charge < -0.3 is 5.73 Å². The minimum atomic E-state index is 0.315. The van der Waals surface area contributed by atoms with Gasteiger partial charge in [0.05, 0.1) is 0 Å². The van der Waals surface area contributed by atoms with Crippen molar-refractivity contribution in [2.75, 3.05) is 13.6 Å². The van der Waals surface area contributed by atoms with Crippen molar-refractivity contribution in [3.8, 4) is 0 Å². The second-order valence-corrected chi connectivity index (χ2v) is 6.80. The third kappa shape index (κ3) is 3.42. The lowest BCUT2D eigenvalue weighted by molar-refractivity contribution is 0.204. The van der Waals surface area contributed by atoms with E-state index < -0.39 is 0 Å². The van der Waals surface area contributed by atoms with E-state index in [1.54, 1.807) is 5.56 Å². The van der Waals surface area contributed by atoms with Crippen molar-refractivity contribution in [2.45, 2.75) is 58.0 Å². The molecule has 2 rings (SSSR count). The number of hydrogen-bond acceptors (Lipinski definition) is 2. The molecule has 2 heteroatoms. The highest BCUT2D eigenvalue weighted by atomic mass is 15.1. The number of fused-ring (bicyclic) bond motifs is 1. The van der Waals surface area contributed by atoms with Crippen LogP contribution < -0.4 is 5.73 Å². The van der Waals surface area contributed by atoms with Crippen LogP contribution in [0.15, 0.2) is 24.3 Å². The van der Waals surface area contributed by atoms with Gasteiger partial charge in [0.1, 0.15) is 0 Å². The maximum atomic E-state index is 6.18. The van der Waals surface area contributed by atoms with Crippen LogP contribution in [-0.2, 0) is 0 Å². The Morgan fingerprint density at radius 2 is 1.85 bits per heavy atom. The molecule has 1 aliphatic rings. The third-order valence-electron chi connectivity index (χ3n) is 4.96. The maximum Gasteiger partial charge on any atom is 0.0348 e. The summed E-state index contributed by atoms with van der Waals surface area (Å²) in [5.41, 5.74) is 9.26. The molecule has 112 valence electrons. The predicted octanol–water partition coefficient (Wildman–Crippen LogP) is 3.93. The lowest BCUT2D eigenvalue weighted by Crippen LogP contribution is -2.34. The van der Waals surface area contributed by atoms with Crippen molar-refractivity contribution in [1.29, 1.82) is 0 Å². The summed E-state index contributed by atoms with van der Waals surface area (Å²) in [5, 5.41) is 0. The first kappa shape index (κ1) is 15.5. The number of rotatable bonds is 5. The van der Waals surface area contributed by atoms with Gasteiger partial charge in [-0.15, -0.1) is 0 Å². The second-order valence-electron chi connectivity index (χ2n) is 6.80. The Morgan fingerprint density at radius 1 is 1.20 bits per heavy atom. The molecule has 0 saturated carbocycles. The van der Waals surface area contributed by atoms with E-state index in [0.717, 1.165) is 13.0 Å². The highest BCUT2D eigenvalue weighted by Crippen LogP contribution is 2.39. The Kier molecular flexibility index (Phi) is 5.22. The van der Waals surface area contributed by atoms with Gasteiger partial charge in [-0.25, -0.2) is 0 Å². The molecule has 0 heterocycles. The quantitative estimate of drug-likeness (QED) is 0.881. The zero-order valence-electron chi connectivity index (χ0n) is 13.5. The second kappa shape index (κ2) is 6.73. The largest absolute Gasteiger partial charge is 0.327 e. The monoisotopic (exact) mass is 274 g/mol. The van der Waals surface area contributed by atoms with Crippen LogP contribution in [0.1, 0.15) is 63.1 Å². The van der Waals surface area contributed by atoms with E-state index in [1.807, 2.05) is 0 Å². The Morgan fingerprint density at radius 3 is 2.50 bits per heavy atom. The lowest BCUT2D eigenvalue weighted by Gasteiger charge is -2.36. The smallest absolute Gasteiger partial charge is 0.0348 e. The van der Waals surface area contributed by atoms with Gasteiger partial charge in [0.25, 0.3) is 0 Å². The van der Waals surface area contributed by atoms with Crippen LogP contribution in [-0.4, -0.2) is 24.5 Å². The van der Waals surface area contributed by atoms with Gasteiger partial charge in [-0.05, 0) is 55.8 Å². The van der Waals surface area contributed by atoms with Gasteiger partial charge in [0, 0.05) is 12.1 Å². The molecule has 0 amide bonds. The van der Waals surface area contributed by atoms with Crippen LogP contribution in [0.25, 0.3) is 0 Å². The molecule has 0 radical (unpaired) electrons. The molecule has 0 saturated heterocycles.